The van der Waals surface area contributed by atoms with Gasteiger partial charge in [0, 0.05) is 0 Å². The molecule has 28 heavy (non-hydrogen) atoms. The number of Topliss-reactive ketones (excluding diaryl/α,β-unsaturated/α-hetero) is 1. The van der Waals surface area contributed by atoms with Crippen LogP contribution in [-0.2, 0) is 14.4 Å². The van der Waals surface area contributed by atoms with E-state index >= 15 is 0 Å². The Balaban J connectivity index is 2.31. The van der Waals surface area contributed by atoms with Crippen molar-refractivity contribution in [1.29, 1.82) is 0 Å². The fourth-order valence-corrected chi connectivity index (χ4v) is 6.98. The fourth-order valence-electron chi connectivity index (χ4n) is 3.20. The number of imide groups is 1. The highest BCUT2D eigenvalue weighted by atomic mass is 31.2. The number of hydrogen-bond acceptors (Lipinski definition) is 3. The van der Waals surface area contributed by atoms with Gasteiger partial charge in [0.1, 0.15) is 0 Å². The van der Waals surface area contributed by atoms with Gasteiger partial charge in [-0.15, -0.1) is 0 Å². The van der Waals surface area contributed by atoms with Gasteiger partial charge in [0.15, 0.2) is 5.78 Å². The quantitative estimate of drug-likeness (QED) is 0.437. The van der Waals surface area contributed by atoms with Gasteiger partial charge in [-0.05, 0) is 28.6 Å². The molecule has 0 heterocycles. The van der Waals surface area contributed by atoms with Crippen LogP contribution in [-0.4, -0.2) is 35.8 Å². The van der Waals surface area contributed by atoms with E-state index in [0.717, 1.165) is 20.8 Å². The SMILES string of the molecule is O=CN(C=O)CC(=O)C=P(c1ccccc1)(c1ccccc1)c1ccccc1. The van der Waals surface area contributed by atoms with E-state index in [1.54, 1.807) is 5.80 Å². The van der Waals surface area contributed by atoms with Crippen LogP contribution in [0.25, 0.3) is 0 Å². The highest BCUT2D eigenvalue weighted by Gasteiger charge is 2.26. The summed E-state index contributed by atoms with van der Waals surface area (Å²) in [5.74, 6) is 1.44. The third-order valence-corrected chi connectivity index (χ3v) is 8.45. The molecule has 2 amide bonds. The molecule has 140 valence electrons. The van der Waals surface area contributed by atoms with Crippen molar-refractivity contribution in [3.8, 4) is 0 Å². The largest absolute Gasteiger partial charge is 0.293 e. The van der Waals surface area contributed by atoms with E-state index in [4.69, 9.17) is 0 Å². The van der Waals surface area contributed by atoms with E-state index in [1.165, 1.54) is 0 Å². The zero-order valence-corrected chi connectivity index (χ0v) is 16.1. The van der Waals surface area contributed by atoms with Gasteiger partial charge in [0.25, 0.3) is 0 Å². The molecule has 0 bridgehead atoms. The van der Waals surface area contributed by atoms with Crippen molar-refractivity contribution in [2.24, 2.45) is 0 Å². The summed E-state index contributed by atoms with van der Waals surface area (Å²) < 4.78 is 0. The lowest BCUT2D eigenvalue weighted by Crippen LogP contribution is -2.32. The Morgan fingerprint density at radius 3 is 1.36 bits per heavy atom. The maximum atomic E-state index is 12.9. The second-order valence-corrected chi connectivity index (χ2v) is 9.46. The first-order chi connectivity index (χ1) is 13.7. The number of rotatable bonds is 8. The number of benzene rings is 3. The first-order valence-electron chi connectivity index (χ1n) is 8.81. The van der Waals surface area contributed by atoms with E-state index < -0.39 is 6.89 Å². The Morgan fingerprint density at radius 2 is 1.04 bits per heavy atom. The van der Waals surface area contributed by atoms with Gasteiger partial charge in [-0.3, -0.25) is 19.3 Å². The van der Waals surface area contributed by atoms with Crippen molar-refractivity contribution in [1.82, 2.24) is 4.90 Å². The number of amides is 2. The van der Waals surface area contributed by atoms with Gasteiger partial charge in [0.05, 0.1) is 6.54 Å². The van der Waals surface area contributed by atoms with Crippen LogP contribution in [0.15, 0.2) is 91.0 Å². The van der Waals surface area contributed by atoms with Gasteiger partial charge in [0.2, 0.25) is 12.8 Å². The summed E-state index contributed by atoms with van der Waals surface area (Å²) in [4.78, 5) is 35.7. The molecule has 3 aromatic carbocycles. The molecule has 0 spiro atoms. The number of carbonyl (C=O) groups is 3. The summed E-state index contributed by atoms with van der Waals surface area (Å²) in [5.41, 5.74) is 0. The van der Waals surface area contributed by atoms with Crippen LogP contribution in [0.3, 0.4) is 0 Å². The lowest BCUT2D eigenvalue weighted by atomic mass is 10.4. The molecule has 0 atom stereocenters. The predicted octanol–water partition coefficient (Wildman–Crippen LogP) is 1.97. The predicted molar refractivity (Wildman–Crippen MR) is 115 cm³/mol. The lowest BCUT2D eigenvalue weighted by molar-refractivity contribution is -0.132. The van der Waals surface area contributed by atoms with Crippen LogP contribution >= 0.6 is 6.89 Å². The van der Waals surface area contributed by atoms with Crippen LogP contribution < -0.4 is 15.9 Å². The highest BCUT2D eigenvalue weighted by Crippen LogP contribution is 2.43. The molecule has 5 heteroatoms. The lowest BCUT2D eigenvalue weighted by Gasteiger charge is -2.28. The Hall–Kier alpha value is -3.23. The summed E-state index contributed by atoms with van der Waals surface area (Å²) in [5, 5.41) is 3.10. The Morgan fingerprint density at radius 1 is 0.679 bits per heavy atom. The van der Waals surface area contributed by atoms with E-state index in [-0.39, 0.29) is 12.3 Å². The van der Waals surface area contributed by atoms with Crippen LogP contribution in [0.1, 0.15) is 0 Å². The molecule has 0 saturated carbocycles. The maximum absolute atomic E-state index is 12.9. The van der Waals surface area contributed by atoms with Crippen molar-refractivity contribution < 1.29 is 14.4 Å². The minimum Gasteiger partial charge on any atom is -0.293 e. The number of ketones is 1. The van der Waals surface area contributed by atoms with Gasteiger partial charge >= 0.3 is 0 Å². The van der Waals surface area contributed by atoms with Gasteiger partial charge in [-0.1, -0.05) is 91.0 Å². The molecule has 0 aliphatic rings. The van der Waals surface area contributed by atoms with E-state index in [0.29, 0.717) is 12.8 Å². The Bertz CT molecular complexity index is 890. The first kappa shape index (κ1) is 19.5. The zero-order valence-electron chi connectivity index (χ0n) is 15.2. The van der Waals surface area contributed by atoms with Gasteiger partial charge in [-0.2, -0.15) is 0 Å². The first-order valence-corrected chi connectivity index (χ1v) is 10.7. The van der Waals surface area contributed by atoms with Crippen molar-refractivity contribution in [3.63, 3.8) is 0 Å². The number of nitrogens with zero attached hydrogens (tertiary/aromatic N) is 1. The van der Waals surface area contributed by atoms with Crippen molar-refractivity contribution in [2.45, 2.75) is 0 Å². The average molecular weight is 389 g/mol. The molecule has 4 nitrogen and oxygen atoms in total. The topological polar surface area (TPSA) is 54.5 Å². The molecule has 0 aliphatic heterocycles. The molecule has 0 aromatic heterocycles. The summed E-state index contributed by atoms with van der Waals surface area (Å²) in [6, 6.07) is 29.7. The molecular weight excluding hydrogens is 369 g/mol. The third kappa shape index (κ3) is 4.03. The third-order valence-electron chi connectivity index (χ3n) is 4.44. The van der Waals surface area contributed by atoms with E-state index in [2.05, 4.69) is 0 Å². The monoisotopic (exact) mass is 389 g/mol. The van der Waals surface area contributed by atoms with Gasteiger partial charge in [-0.25, -0.2) is 0 Å². The minimum absolute atomic E-state index is 0.274. The van der Waals surface area contributed by atoms with Crippen LogP contribution in [0.2, 0.25) is 0 Å². The molecule has 0 radical (unpaired) electrons. The molecule has 0 saturated heterocycles. The Kier molecular flexibility index (Phi) is 6.36. The highest BCUT2D eigenvalue weighted by molar-refractivity contribution is 7.95. The molecule has 0 unspecified atom stereocenters. The summed E-state index contributed by atoms with van der Waals surface area (Å²) in [6.07, 6.45) is 0.735. The second-order valence-electron chi connectivity index (χ2n) is 6.21. The van der Waals surface area contributed by atoms with Crippen molar-refractivity contribution in [2.75, 3.05) is 6.54 Å². The normalized spacial score (nSPS) is 10.7. The standard InChI is InChI=1S/C23H20NO3P/c25-18-24(19-26)16-20(27)17-28(21-10-4-1-5-11-21,22-12-6-2-7-13-22)23-14-8-3-9-15-23/h1-15,17-19H,16H2. The summed E-state index contributed by atoms with van der Waals surface area (Å²) >= 11 is 0. The van der Waals surface area contributed by atoms with E-state index in [9.17, 15) is 14.4 Å². The molecular formula is C23H20NO3P. The number of carbonyl (C=O) groups excluding carboxylic acids is 3. The van der Waals surface area contributed by atoms with Crippen molar-refractivity contribution in [3.05, 3.63) is 91.0 Å². The number of hydrogen-bond donors (Lipinski definition) is 0. The fraction of sp³-hybridized carbons (Fsp3) is 0.0435. The van der Waals surface area contributed by atoms with E-state index in [1.807, 2.05) is 91.0 Å². The van der Waals surface area contributed by atoms with Crippen LogP contribution in [0.4, 0.5) is 0 Å². The second kappa shape index (κ2) is 9.12. The Labute approximate surface area is 164 Å². The van der Waals surface area contributed by atoms with Gasteiger partial charge < -0.3 is 0 Å². The zero-order chi connectivity index (χ0) is 19.8. The molecule has 0 N–H and O–H groups in total. The summed E-state index contributed by atoms with van der Waals surface area (Å²) in [6.45, 7) is -2.70. The van der Waals surface area contributed by atoms with Crippen molar-refractivity contribution >= 4 is 47.2 Å². The minimum atomic E-state index is -2.42. The smallest absolute Gasteiger partial charge is 0.216 e. The molecule has 0 aliphatic carbocycles. The molecule has 3 rings (SSSR count). The maximum Gasteiger partial charge on any atom is 0.216 e. The van der Waals surface area contributed by atoms with Crippen LogP contribution in [0.5, 0.6) is 0 Å². The van der Waals surface area contributed by atoms with Crippen LogP contribution in [0, 0.1) is 0 Å². The summed E-state index contributed by atoms with van der Waals surface area (Å²) in [7, 11) is 0. The average Bonchev–Trinajstić information content (AvgIpc) is 2.77. The molecule has 0 fully saturated rings. The molecule has 3 aromatic rings.